The lowest BCUT2D eigenvalue weighted by Crippen LogP contribution is -2.07. The molecule has 5 rings (SSSR count). The minimum Gasteiger partial charge on any atom is -0.496 e. The van der Waals surface area contributed by atoms with Gasteiger partial charge in [0.15, 0.2) is 23.0 Å². The highest BCUT2D eigenvalue weighted by Gasteiger charge is 2.25. The quantitative estimate of drug-likeness (QED) is 0.672. The summed E-state index contributed by atoms with van der Waals surface area (Å²) in [4.78, 5) is 17.5. The molecule has 0 radical (unpaired) electrons. The van der Waals surface area contributed by atoms with Gasteiger partial charge in [-0.3, -0.25) is 9.78 Å². The third-order valence-corrected chi connectivity index (χ3v) is 4.41. The van der Waals surface area contributed by atoms with Crippen molar-refractivity contribution in [3.8, 4) is 28.7 Å². The van der Waals surface area contributed by atoms with E-state index in [-0.39, 0.29) is 19.4 Å². The maximum absolute atomic E-state index is 13.2. The average Bonchev–Trinajstić information content (AvgIpc) is 3.32. The highest BCUT2D eigenvalue weighted by molar-refractivity contribution is 6.16. The predicted octanol–water partition coefficient (Wildman–Crippen LogP) is 2.93. The third-order valence-electron chi connectivity index (χ3n) is 4.41. The van der Waals surface area contributed by atoms with Crippen molar-refractivity contribution in [2.75, 3.05) is 20.7 Å². The number of benzene rings is 2. The van der Waals surface area contributed by atoms with Gasteiger partial charge in [-0.2, -0.15) is 0 Å². The van der Waals surface area contributed by atoms with Crippen LogP contribution >= 0.6 is 0 Å². The van der Waals surface area contributed by atoms with Gasteiger partial charge in [-0.25, -0.2) is 0 Å². The Morgan fingerprint density at radius 2 is 1.62 bits per heavy atom. The van der Waals surface area contributed by atoms with Crippen molar-refractivity contribution in [2.24, 2.45) is 0 Å². The Bertz CT molecular complexity index is 1060. The van der Waals surface area contributed by atoms with Crippen LogP contribution < -0.4 is 23.7 Å². The number of hydrogen-bond acceptors (Lipinski definition) is 7. The molecule has 0 fully saturated rings. The molecule has 0 saturated heterocycles. The van der Waals surface area contributed by atoms with E-state index in [1.54, 1.807) is 24.4 Å². The van der Waals surface area contributed by atoms with Crippen molar-refractivity contribution in [3.63, 3.8) is 0 Å². The Morgan fingerprint density at radius 3 is 2.35 bits per heavy atom. The molecule has 0 saturated carbocycles. The molecule has 0 unspecified atom stereocenters. The summed E-state index contributed by atoms with van der Waals surface area (Å²) in [6.07, 6.45) is 1.59. The Morgan fingerprint density at radius 1 is 0.962 bits per heavy atom. The van der Waals surface area contributed by atoms with Crippen LogP contribution in [0.15, 0.2) is 36.5 Å². The van der Waals surface area contributed by atoms with Crippen molar-refractivity contribution in [2.45, 2.75) is 0 Å². The number of aromatic nitrogens is 1. The van der Waals surface area contributed by atoms with Crippen LogP contribution in [0, 0.1) is 0 Å². The van der Waals surface area contributed by atoms with Crippen LogP contribution in [0.4, 0.5) is 0 Å². The molecule has 3 heterocycles. The maximum atomic E-state index is 13.2. The standard InChI is InChI=1S/C19H13NO6/c1-22-13-7-17-16(25-9-26-17)6-12(13)19(21)18-11-5-15-14(23-8-24-15)4-10(11)2-3-20-18/h2-7H,8-9H2,1H3. The molecule has 0 atom stereocenters. The highest BCUT2D eigenvalue weighted by atomic mass is 16.7. The van der Waals surface area contributed by atoms with E-state index in [9.17, 15) is 4.79 Å². The number of fused-ring (bicyclic) bond motifs is 3. The molecule has 0 bridgehead atoms. The van der Waals surface area contributed by atoms with Crippen molar-refractivity contribution >= 4 is 16.6 Å². The van der Waals surface area contributed by atoms with Crippen LogP contribution in [-0.2, 0) is 0 Å². The molecule has 2 aliphatic rings. The lowest BCUT2D eigenvalue weighted by molar-refractivity contribution is 0.103. The number of methoxy groups -OCH3 is 1. The Balaban J connectivity index is 1.68. The first-order valence-electron chi connectivity index (χ1n) is 7.95. The molecule has 0 spiro atoms. The SMILES string of the molecule is COc1cc2c(cc1C(=O)c1nccc3cc4c(cc13)OCO4)OCO2. The first-order chi connectivity index (χ1) is 12.7. The number of carbonyl (C=O) groups is 1. The molecule has 2 aliphatic heterocycles. The maximum Gasteiger partial charge on any atom is 0.231 e. The van der Waals surface area contributed by atoms with E-state index in [2.05, 4.69) is 4.98 Å². The number of pyridine rings is 1. The first-order valence-corrected chi connectivity index (χ1v) is 7.95. The van der Waals surface area contributed by atoms with Crippen molar-refractivity contribution in [1.82, 2.24) is 4.98 Å². The number of rotatable bonds is 3. The van der Waals surface area contributed by atoms with Gasteiger partial charge in [0.25, 0.3) is 0 Å². The van der Waals surface area contributed by atoms with Gasteiger partial charge in [-0.15, -0.1) is 0 Å². The van der Waals surface area contributed by atoms with Gasteiger partial charge >= 0.3 is 0 Å². The van der Waals surface area contributed by atoms with E-state index in [1.807, 2.05) is 12.1 Å². The number of carbonyl (C=O) groups excluding carboxylic acids is 1. The lowest BCUT2D eigenvalue weighted by atomic mass is 10.0. The van der Waals surface area contributed by atoms with E-state index in [0.29, 0.717) is 45.4 Å². The van der Waals surface area contributed by atoms with E-state index in [0.717, 1.165) is 5.39 Å². The number of nitrogens with zero attached hydrogens (tertiary/aromatic N) is 1. The van der Waals surface area contributed by atoms with Crippen LogP contribution in [0.3, 0.4) is 0 Å². The van der Waals surface area contributed by atoms with Crippen molar-refractivity contribution in [1.29, 1.82) is 0 Å². The molecule has 26 heavy (non-hydrogen) atoms. The molecular formula is C19H13NO6. The van der Waals surface area contributed by atoms with E-state index < -0.39 is 0 Å². The molecule has 2 aromatic carbocycles. The molecule has 3 aromatic rings. The summed E-state index contributed by atoms with van der Waals surface area (Å²) in [5.74, 6) is 2.43. The molecule has 7 heteroatoms. The van der Waals surface area contributed by atoms with Gasteiger partial charge in [-0.1, -0.05) is 0 Å². The van der Waals surface area contributed by atoms with Crippen LogP contribution in [0.25, 0.3) is 10.8 Å². The molecule has 0 N–H and O–H groups in total. The highest BCUT2D eigenvalue weighted by Crippen LogP contribution is 2.40. The molecule has 1 aromatic heterocycles. The van der Waals surface area contributed by atoms with Crippen LogP contribution in [0.1, 0.15) is 16.1 Å². The zero-order chi connectivity index (χ0) is 17.7. The lowest BCUT2D eigenvalue weighted by Gasteiger charge is -2.10. The number of ether oxygens (including phenoxy) is 5. The van der Waals surface area contributed by atoms with Crippen molar-refractivity contribution in [3.05, 3.63) is 47.8 Å². The van der Waals surface area contributed by atoms with Gasteiger partial charge in [0.2, 0.25) is 19.4 Å². The van der Waals surface area contributed by atoms with Crippen LogP contribution in [0.5, 0.6) is 28.7 Å². The second-order valence-corrected chi connectivity index (χ2v) is 5.82. The summed E-state index contributed by atoms with van der Waals surface area (Å²) in [6, 6.07) is 8.71. The molecular weight excluding hydrogens is 338 g/mol. The smallest absolute Gasteiger partial charge is 0.231 e. The zero-order valence-corrected chi connectivity index (χ0v) is 13.8. The summed E-state index contributed by atoms with van der Waals surface area (Å²) in [6.45, 7) is 0.282. The predicted molar refractivity (Wildman–Crippen MR) is 90.4 cm³/mol. The van der Waals surface area contributed by atoms with Gasteiger partial charge in [-0.05, 0) is 29.7 Å². The molecule has 0 amide bonds. The Labute approximate surface area is 148 Å². The van der Waals surface area contributed by atoms with Gasteiger partial charge in [0.05, 0.1) is 12.7 Å². The van der Waals surface area contributed by atoms with E-state index in [4.69, 9.17) is 23.7 Å². The van der Waals surface area contributed by atoms with Crippen molar-refractivity contribution < 1.29 is 28.5 Å². The minimum absolute atomic E-state index is 0.117. The minimum atomic E-state index is -0.274. The fraction of sp³-hybridized carbons (Fsp3) is 0.158. The van der Waals surface area contributed by atoms with Gasteiger partial charge in [0, 0.05) is 17.6 Å². The second kappa shape index (κ2) is 5.52. The molecule has 0 aliphatic carbocycles. The topological polar surface area (TPSA) is 76.1 Å². The fourth-order valence-electron chi connectivity index (χ4n) is 3.14. The van der Waals surface area contributed by atoms with Crippen LogP contribution in [0.2, 0.25) is 0 Å². The zero-order valence-electron chi connectivity index (χ0n) is 13.8. The normalized spacial score (nSPS) is 13.9. The second-order valence-electron chi connectivity index (χ2n) is 5.82. The summed E-state index contributed by atoms with van der Waals surface area (Å²) in [7, 11) is 1.50. The summed E-state index contributed by atoms with van der Waals surface area (Å²) >= 11 is 0. The number of ketones is 1. The first kappa shape index (κ1) is 14.8. The molecule has 130 valence electrons. The Hall–Kier alpha value is -3.48. The monoisotopic (exact) mass is 351 g/mol. The Kier molecular flexibility index (Phi) is 3.15. The average molecular weight is 351 g/mol. The van der Waals surface area contributed by atoms with E-state index >= 15 is 0 Å². The van der Waals surface area contributed by atoms with Crippen LogP contribution in [-0.4, -0.2) is 31.5 Å². The molecule has 7 nitrogen and oxygen atoms in total. The summed E-state index contributed by atoms with van der Waals surface area (Å²) < 4.78 is 26.9. The third kappa shape index (κ3) is 2.13. The number of hydrogen-bond donors (Lipinski definition) is 0. The fourth-order valence-corrected chi connectivity index (χ4v) is 3.14. The largest absolute Gasteiger partial charge is 0.496 e. The van der Waals surface area contributed by atoms with Gasteiger partial charge < -0.3 is 23.7 Å². The summed E-state index contributed by atoms with van der Waals surface area (Å²) in [5.41, 5.74) is 0.660. The summed E-state index contributed by atoms with van der Waals surface area (Å²) in [5, 5.41) is 1.52. The van der Waals surface area contributed by atoms with E-state index in [1.165, 1.54) is 7.11 Å². The van der Waals surface area contributed by atoms with Gasteiger partial charge in [0.1, 0.15) is 11.4 Å².